The molecule has 0 aliphatic heterocycles. The number of rotatable bonds is 2. The molecule has 0 amide bonds. The van der Waals surface area contributed by atoms with Gasteiger partial charge in [0.1, 0.15) is 0 Å². The van der Waals surface area contributed by atoms with Crippen LogP contribution in [0, 0.1) is 5.92 Å². The molecule has 3 heteroatoms. The highest BCUT2D eigenvalue weighted by molar-refractivity contribution is 5.85. The van der Waals surface area contributed by atoms with Gasteiger partial charge in [0.05, 0.1) is 0 Å². The summed E-state index contributed by atoms with van der Waals surface area (Å²) in [6, 6.07) is 0.511. The summed E-state index contributed by atoms with van der Waals surface area (Å²) in [6.45, 7) is 1.17. The van der Waals surface area contributed by atoms with Crippen molar-refractivity contribution >= 4 is 12.4 Å². The molecule has 0 saturated heterocycles. The van der Waals surface area contributed by atoms with Crippen LogP contribution in [0.2, 0.25) is 0 Å². The maximum atomic E-state index is 5.59. The number of halogens is 1. The standard InChI is InChI=1S/C6H14N2.ClH/c1-8(2)4-5-3-6(5)7;/h5-6H,3-4,7H2,1-2H3;1H/t5-,6+;/m0./s1. The van der Waals surface area contributed by atoms with Crippen molar-refractivity contribution in [2.24, 2.45) is 11.7 Å². The minimum Gasteiger partial charge on any atom is -0.327 e. The highest BCUT2D eigenvalue weighted by Crippen LogP contribution is 2.27. The second-order valence-electron chi connectivity index (χ2n) is 2.92. The molecule has 1 rings (SSSR count). The summed E-state index contributed by atoms with van der Waals surface area (Å²) < 4.78 is 0. The van der Waals surface area contributed by atoms with Crippen LogP contribution >= 0.6 is 12.4 Å². The molecule has 0 heterocycles. The van der Waals surface area contributed by atoms with Gasteiger partial charge in [-0.25, -0.2) is 0 Å². The monoisotopic (exact) mass is 150 g/mol. The molecule has 2 N–H and O–H groups in total. The van der Waals surface area contributed by atoms with Crippen molar-refractivity contribution in [1.29, 1.82) is 0 Å². The Kier molecular flexibility index (Phi) is 3.48. The number of nitrogens with zero attached hydrogens (tertiary/aromatic N) is 1. The van der Waals surface area contributed by atoms with E-state index < -0.39 is 0 Å². The van der Waals surface area contributed by atoms with Crippen LogP contribution in [0.25, 0.3) is 0 Å². The lowest BCUT2D eigenvalue weighted by Crippen LogP contribution is -2.18. The second-order valence-corrected chi connectivity index (χ2v) is 2.92. The average molecular weight is 151 g/mol. The van der Waals surface area contributed by atoms with E-state index in [1.165, 1.54) is 13.0 Å². The first-order valence-electron chi connectivity index (χ1n) is 3.10. The molecule has 1 aliphatic carbocycles. The fourth-order valence-electron chi connectivity index (χ4n) is 0.950. The van der Waals surface area contributed by atoms with Crippen molar-refractivity contribution in [3.63, 3.8) is 0 Å². The van der Waals surface area contributed by atoms with Crippen LogP contribution in [-0.2, 0) is 0 Å². The van der Waals surface area contributed by atoms with E-state index >= 15 is 0 Å². The molecular weight excluding hydrogens is 136 g/mol. The first-order valence-corrected chi connectivity index (χ1v) is 3.10. The summed E-state index contributed by atoms with van der Waals surface area (Å²) >= 11 is 0. The van der Waals surface area contributed by atoms with Gasteiger partial charge in [0.2, 0.25) is 0 Å². The molecule has 1 aliphatic rings. The fourth-order valence-corrected chi connectivity index (χ4v) is 0.950. The zero-order chi connectivity index (χ0) is 6.15. The van der Waals surface area contributed by atoms with Crippen LogP contribution in [-0.4, -0.2) is 31.6 Å². The minimum atomic E-state index is 0. The van der Waals surface area contributed by atoms with Crippen molar-refractivity contribution in [1.82, 2.24) is 4.90 Å². The highest BCUT2D eigenvalue weighted by Gasteiger charge is 2.33. The maximum absolute atomic E-state index is 5.59. The van der Waals surface area contributed by atoms with Crippen LogP contribution < -0.4 is 5.73 Å². The fraction of sp³-hybridized carbons (Fsp3) is 1.00. The van der Waals surface area contributed by atoms with Crippen molar-refractivity contribution in [2.75, 3.05) is 20.6 Å². The van der Waals surface area contributed by atoms with Crippen LogP contribution in [0.5, 0.6) is 0 Å². The molecular formula is C6H15ClN2. The Balaban J connectivity index is 0.000000640. The smallest absolute Gasteiger partial charge is 0.00836 e. The van der Waals surface area contributed by atoms with Gasteiger partial charge in [-0.2, -0.15) is 0 Å². The second kappa shape index (κ2) is 3.40. The van der Waals surface area contributed by atoms with E-state index in [1.54, 1.807) is 0 Å². The molecule has 0 bridgehead atoms. The number of hydrogen-bond donors (Lipinski definition) is 1. The molecule has 0 aromatic carbocycles. The Hall–Kier alpha value is 0.210. The zero-order valence-electron chi connectivity index (χ0n) is 6.00. The molecule has 2 nitrogen and oxygen atoms in total. The van der Waals surface area contributed by atoms with Crippen LogP contribution in [0.4, 0.5) is 0 Å². The van der Waals surface area contributed by atoms with E-state index in [0.29, 0.717) is 6.04 Å². The van der Waals surface area contributed by atoms with Gasteiger partial charge in [0, 0.05) is 12.6 Å². The van der Waals surface area contributed by atoms with Crippen molar-refractivity contribution in [3.05, 3.63) is 0 Å². The topological polar surface area (TPSA) is 29.3 Å². The summed E-state index contributed by atoms with van der Waals surface area (Å²) in [4.78, 5) is 2.19. The molecule has 0 radical (unpaired) electrons. The Morgan fingerprint density at radius 2 is 2.00 bits per heavy atom. The molecule has 56 valence electrons. The predicted molar refractivity (Wildman–Crippen MR) is 41.9 cm³/mol. The van der Waals surface area contributed by atoms with Gasteiger partial charge in [-0.05, 0) is 26.4 Å². The van der Waals surface area contributed by atoms with Gasteiger partial charge in [-0.15, -0.1) is 12.4 Å². The van der Waals surface area contributed by atoms with Crippen LogP contribution in [0.1, 0.15) is 6.42 Å². The molecule has 0 aromatic heterocycles. The maximum Gasteiger partial charge on any atom is 0.00836 e. The Morgan fingerprint density at radius 1 is 1.56 bits per heavy atom. The minimum absolute atomic E-state index is 0. The third-order valence-corrected chi connectivity index (χ3v) is 1.58. The van der Waals surface area contributed by atoms with Crippen LogP contribution in [0.15, 0.2) is 0 Å². The lowest BCUT2D eigenvalue weighted by molar-refractivity contribution is 0.385. The molecule has 1 fully saturated rings. The van der Waals surface area contributed by atoms with Gasteiger partial charge in [0.15, 0.2) is 0 Å². The Bertz CT molecular complexity index is 85.1. The largest absolute Gasteiger partial charge is 0.327 e. The van der Waals surface area contributed by atoms with Crippen LogP contribution in [0.3, 0.4) is 0 Å². The summed E-state index contributed by atoms with van der Waals surface area (Å²) in [5.41, 5.74) is 5.59. The van der Waals surface area contributed by atoms with Gasteiger partial charge < -0.3 is 10.6 Å². The molecule has 1 saturated carbocycles. The van der Waals surface area contributed by atoms with Gasteiger partial charge in [0.25, 0.3) is 0 Å². The molecule has 0 aromatic rings. The van der Waals surface area contributed by atoms with E-state index in [4.69, 9.17) is 5.73 Å². The third kappa shape index (κ3) is 3.04. The van der Waals surface area contributed by atoms with E-state index in [2.05, 4.69) is 19.0 Å². The van der Waals surface area contributed by atoms with Crippen molar-refractivity contribution in [3.8, 4) is 0 Å². The van der Waals surface area contributed by atoms with E-state index in [-0.39, 0.29) is 12.4 Å². The Morgan fingerprint density at radius 3 is 2.11 bits per heavy atom. The Labute approximate surface area is 62.8 Å². The van der Waals surface area contributed by atoms with E-state index in [0.717, 1.165) is 5.92 Å². The predicted octanol–water partition coefficient (Wildman–Crippen LogP) is 0.317. The molecule has 0 unspecified atom stereocenters. The average Bonchev–Trinajstić information content (AvgIpc) is 2.17. The first kappa shape index (κ1) is 9.21. The quantitative estimate of drug-likeness (QED) is 0.615. The van der Waals surface area contributed by atoms with Gasteiger partial charge in [-0.1, -0.05) is 0 Å². The van der Waals surface area contributed by atoms with Gasteiger partial charge >= 0.3 is 0 Å². The molecule has 2 atom stereocenters. The molecule has 9 heavy (non-hydrogen) atoms. The summed E-state index contributed by atoms with van der Waals surface area (Å²) in [5.74, 6) is 0.796. The summed E-state index contributed by atoms with van der Waals surface area (Å²) in [7, 11) is 4.18. The lowest BCUT2D eigenvalue weighted by atomic mass is 10.4. The third-order valence-electron chi connectivity index (χ3n) is 1.58. The van der Waals surface area contributed by atoms with E-state index in [9.17, 15) is 0 Å². The first-order chi connectivity index (χ1) is 3.70. The lowest BCUT2D eigenvalue weighted by Gasteiger charge is -2.06. The molecule has 0 spiro atoms. The highest BCUT2D eigenvalue weighted by atomic mass is 35.5. The summed E-state index contributed by atoms with van der Waals surface area (Å²) in [6.07, 6.45) is 1.23. The number of hydrogen-bond acceptors (Lipinski definition) is 2. The zero-order valence-corrected chi connectivity index (χ0v) is 6.82. The van der Waals surface area contributed by atoms with Crippen molar-refractivity contribution in [2.45, 2.75) is 12.5 Å². The number of nitrogens with two attached hydrogens (primary N) is 1. The van der Waals surface area contributed by atoms with Gasteiger partial charge in [-0.3, -0.25) is 0 Å². The normalized spacial score (nSPS) is 32.0. The van der Waals surface area contributed by atoms with Crippen molar-refractivity contribution < 1.29 is 0 Å². The SMILES string of the molecule is CN(C)C[C@@H]1C[C@H]1N.Cl. The van der Waals surface area contributed by atoms with E-state index in [1.807, 2.05) is 0 Å². The summed E-state index contributed by atoms with van der Waals surface area (Å²) in [5, 5.41) is 0.